The van der Waals surface area contributed by atoms with Crippen molar-refractivity contribution < 1.29 is 4.79 Å². The zero-order valence-electron chi connectivity index (χ0n) is 12.6. The van der Waals surface area contributed by atoms with Crippen LogP contribution in [0.3, 0.4) is 0 Å². The SMILES string of the molecule is CC(C)=O.CCCCCC.CCCCCC. The molecule has 1 heteroatoms. The van der Waals surface area contributed by atoms with Crippen LogP contribution in [-0.4, -0.2) is 5.78 Å². The number of carbonyl (C=O) groups excluding carboxylic acids is 1. The van der Waals surface area contributed by atoms with Crippen LogP contribution in [0.1, 0.15) is 92.9 Å². The van der Waals surface area contributed by atoms with Gasteiger partial charge in [0.1, 0.15) is 5.78 Å². The number of rotatable bonds is 6. The third-order valence-electron chi connectivity index (χ3n) is 1.91. The largest absolute Gasteiger partial charge is 0.300 e. The highest BCUT2D eigenvalue weighted by atomic mass is 16.1. The minimum absolute atomic E-state index is 0.167. The van der Waals surface area contributed by atoms with Gasteiger partial charge in [0, 0.05) is 0 Å². The molecule has 1 nitrogen and oxygen atoms in total. The van der Waals surface area contributed by atoms with Gasteiger partial charge in [-0.15, -0.1) is 0 Å². The first-order valence-electron chi connectivity index (χ1n) is 7.03. The molecule has 0 aliphatic rings. The lowest BCUT2D eigenvalue weighted by Gasteiger charge is -1.86. The Hall–Kier alpha value is -0.330. The smallest absolute Gasteiger partial charge is 0.126 e. The fourth-order valence-corrected chi connectivity index (χ4v) is 1.000. The van der Waals surface area contributed by atoms with Gasteiger partial charge in [-0.25, -0.2) is 0 Å². The maximum atomic E-state index is 9.44. The van der Waals surface area contributed by atoms with Crippen LogP contribution < -0.4 is 0 Å². The number of ketones is 1. The summed E-state index contributed by atoms with van der Waals surface area (Å²) in [4.78, 5) is 9.44. The van der Waals surface area contributed by atoms with Crippen LogP contribution >= 0.6 is 0 Å². The lowest BCUT2D eigenvalue weighted by Crippen LogP contribution is -1.69. The maximum absolute atomic E-state index is 9.44. The summed E-state index contributed by atoms with van der Waals surface area (Å²) in [5.41, 5.74) is 0. The minimum Gasteiger partial charge on any atom is -0.300 e. The normalized spacial score (nSPS) is 8.38. The molecule has 16 heavy (non-hydrogen) atoms. The predicted octanol–water partition coefficient (Wildman–Crippen LogP) is 5.77. The van der Waals surface area contributed by atoms with Gasteiger partial charge in [0.2, 0.25) is 0 Å². The fourth-order valence-electron chi connectivity index (χ4n) is 1.000. The third kappa shape index (κ3) is 68.3. The van der Waals surface area contributed by atoms with E-state index in [9.17, 15) is 4.79 Å². The molecular weight excluding hydrogens is 196 g/mol. The molecule has 0 aromatic heterocycles. The Morgan fingerprint density at radius 1 is 0.625 bits per heavy atom. The van der Waals surface area contributed by atoms with Crippen molar-refractivity contribution in [1.29, 1.82) is 0 Å². The molecule has 0 unspecified atom stereocenters. The van der Waals surface area contributed by atoms with Crippen LogP contribution in [-0.2, 0) is 4.79 Å². The van der Waals surface area contributed by atoms with Crippen molar-refractivity contribution in [3.63, 3.8) is 0 Å². The number of Topliss-reactive ketones (excluding diaryl/α,β-unsaturated/α-hetero) is 1. The Morgan fingerprint density at radius 2 is 0.750 bits per heavy atom. The zero-order valence-corrected chi connectivity index (χ0v) is 12.6. The molecule has 0 radical (unpaired) electrons. The molecule has 0 aliphatic carbocycles. The molecule has 0 fully saturated rings. The van der Waals surface area contributed by atoms with Crippen molar-refractivity contribution in [1.82, 2.24) is 0 Å². The van der Waals surface area contributed by atoms with E-state index < -0.39 is 0 Å². The lowest BCUT2D eigenvalue weighted by atomic mass is 10.2. The van der Waals surface area contributed by atoms with E-state index in [-0.39, 0.29) is 5.78 Å². The number of carbonyl (C=O) groups is 1. The van der Waals surface area contributed by atoms with Crippen LogP contribution in [0, 0.1) is 0 Å². The summed E-state index contributed by atoms with van der Waals surface area (Å²) < 4.78 is 0. The highest BCUT2D eigenvalue weighted by Crippen LogP contribution is 1.95. The summed E-state index contributed by atoms with van der Waals surface area (Å²) in [6.45, 7) is 12.0. The Labute approximate surface area is 104 Å². The Morgan fingerprint density at radius 3 is 0.812 bits per heavy atom. The second-order valence-corrected chi connectivity index (χ2v) is 4.32. The lowest BCUT2D eigenvalue weighted by molar-refractivity contribution is -0.114. The number of unbranched alkanes of at least 4 members (excludes halogenated alkanes) is 6. The zero-order chi connectivity index (χ0) is 13.2. The maximum Gasteiger partial charge on any atom is 0.126 e. The second-order valence-electron chi connectivity index (χ2n) is 4.32. The Balaban J connectivity index is -0.000000162. The van der Waals surface area contributed by atoms with Crippen LogP contribution in [0.15, 0.2) is 0 Å². The van der Waals surface area contributed by atoms with E-state index in [0.717, 1.165) is 0 Å². The van der Waals surface area contributed by atoms with Gasteiger partial charge in [0.25, 0.3) is 0 Å². The monoisotopic (exact) mass is 230 g/mol. The molecule has 0 atom stereocenters. The van der Waals surface area contributed by atoms with Gasteiger partial charge in [-0.2, -0.15) is 0 Å². The van der Waals surface area contributed by atoms with E-state index in [1.165, 1.54) is 65.2 Å². The van der Waals surface area contributed by atoms with E-state index in [0.29, 0.717) is 0 Å². The fraction of sp³-hybridized carbons (Fsp3) is 0.933. The van der Waals surface area contributed by atoms with Gasteiger partial charge >= 0.3 is 0 Å². The summed E-state index contributed by atoms with van der Waals surface area (Å²) in [5, 5.41) is 0. The number of hydrogen-bond acceptors (Lipinski definition) is 1. The standard InChI is InChI=1S/2C6H14.C3H6O/c2*1-3-5-6-4-2;1-3(2)4/h2*3-6H2,1-2H3;1-2H3. The molecule has 0 saturated heterocycles. The molecule has 0 spiro atoms. The quantitative estimate of drug-likeness (QED) is 0.529. The van der Waals surface area contributed by atoms with Crippen LogP contribution in [0.25, 0.3) is 0 Å². The van der Waals surface area contributed by atoms with Gasteiger partial charge < -0.3 is 4.79 Å². The molecule has 0 rings (SSSR count). The van der Waals surface area contributed by atoms with Crippen molar-refractivity contribution in [2.45, 2.75) is 92.9 Å². The molecule has 0 amide bonds. The second kappa shape index (κ2) is 24.1. The van der Waals surface area contributed by atoms with Crippen molar-refractivity contribution in [2.75, 3.05) is 0 Å². The highest BCUT2D eigenvalue weighted by Gasteiger charge is 1.75. The molecule has 100 valence electrons. The van der Waals surface area contributed by atoms with Gasteiger partial charge in [-0.05, 0) is 13.8 Å². The first kappa shape index (κ1) is 21.0. The molecule has 0 saturated carbocycles. The van der Waals surface area contributed by atoms with E-state index in [2.05, 4.69) is 27.7 Å². The summed E-state index contributed by atoms with van der Waals surface area (Å²) >= 11 is 0. The average Bonchev–Trinajstić information content (AvgIpc) is 2.23. The average molecular weight is 230 g/mol. The van der Waals surface area contributed by atoms with Crippen molar-refractivity contribution >= 4 is 5.78 Å². The summed E-state index contributed by atoms with van der Waals surface area (Å²) in [6.07, 6.45) is 11.1. The third-order valence-corrected chi connectivity index (χ3v) is 1.91. The molecule has 0 heterocycles. The molecule has 0 aromatic carbocycles. The first-order chi connectivity index (χ1) is 7.56. The van der Waals surface area contributed by atoms with Crippen molar-refractivity contribution in [3.05, 3.63) is 0 Å². The van der Waals surface area contributed by atoms with E-state index in [1.807, 2.05) is 0 Å². The molecule has 0 aromatic rings. The minimum atomic E-state index is 0.167. The van der Waals surface area contributed by atoms with Crippen LogP contribution in [0.5, 0.6) is 0 Å². The van der Waals surface area contributed by atoms with Gasteiger partial charge in [0.05, 0.1) is 0 Å². The van der Waals surface area contributed by atoms with E-state index >= 15 is 0 Å². The highest BCUT2D eigenvalue weighted by molar-refractivity contribution is 5.72. The van der Waals surface area contributed by atoms with Gasteiger partial charge in [-0.1, -0.05) is 79.1 Å². The van der Waals surface area contributed by atoms with Crippen molar-refractivity contribution in [2.24, 2.45) is 0 Å². The Kier molecular flexibility index (Phi) is 31.6. The predicted molar refractivity (Wildman–Crippen MR) is 76.0 cm³/mol. The molecule has 0 aliphatic heterocycles. The van der Waals surface area contributed by atoms with Crippen LogP contribution in [0.2, 0.25) is 0 Å². The summed E-state index contributed by atoms with van der Waals surface area (Å²) in [7, 11) is 0. The topological polar surface area (TPSA) is 17.1 Å². The molecular formula is C15H34O. The first-order valence-corrected chi connectivity index (χ1v) is 7.03. The van der Waals surface area contributed by atoms with E-state index in [4.69, 9.17) is 0 Å². The summed E-state index contributed by atoms with van der Waals surface area (Å²) in [6, 6.07) is 0. The van der Waals surface area contributed by atoms with Crippen LogP contribution in [0.4, 0.5) is 0 Å². The molecule has 0 N–H and O–H groups in total. The molecule has 0 bridgehead atoms. The summed E-state index contributed by atoms with van der Waals surface area (Å²) in [5.74, 6) is 0.167. The van der Waals surface area contributed by atoms with Gasteiger partial charge in [-0.3, -0.25) is 0 Å². The van der Waals surface area contributed by atoms with Gasteiger partial charge in [0.15, 0.2) is 0 Å². The van der Waals surface area contributed by atoms with Crippen molar-refractivity contribution in [3.8, 4) is 0 Å². The van der Waals surface area contributed by atoms with E-state index in [1.54, 1.807) is 0 Å². The Bertz CT molecular complexity index is 88.0. The number of hydrogen-bond donors (Lipinski definition) is 0.